The lowest BCUT2D eigenvalue weighted by Crippen LogP contribution is -2.14. The molecule has 0 fully saturated rings. The zero-order chi connectivity index (χ0) is 15.4. The Hall–Kier alpha value is -1.49. The molecule has 0 saturated carbocycles. The first-order valence-electron chi connectivity index (χ1n) is 5.79. The van der Waals surface area contributed by atoms with Crippen molar-refractivity contribution in [3.8, 4) is 0 Å². The van der Waals surface area contributed by atoms with E-state index in [4.69, 9.17) is 39.5 Å². The number of halogens is 4. The fraction of sp³-hybridized carbons (Fsp3) is 0.0714. The van der Waals surface area contributed by atoms with Crippen molar-refractivity contribution in [1.29, 1.82) is 0 Å². The van der Waals surface area contributed by atoms with Crippen molar-refractivity contribution in [3.63, 3.8) is 0 Å². The van der Waals surface area contributed by atoms with Crippen LogP contribution in [0, 0.1) is 5.82 Å². The Kier molecular flexibility index (Phi) is 5.28. The van der Waals surface area contributed by atoms with Crippen LogP contribution >= 0.6 is 34.8 Å². The molecule has 0 aliphatic carbocycles. The van der Waals surface area contributed by atoms with Gasteiger partial charge in [0.05, 0.1) is 20.8 Å². The Morgan fingerprint density at radius 2 is 1.76 bits per heavy atom. The van der Waals surface area contributed by atoms with Crippen LogP contribution in [0.4, 0.5) is 14.9 Å². The molecule has 0 unspecified atom stereocenters. The molecule has 0 radical (unpaired) electrons. The molecule has 7 heteroatoms. The smallest absolute Gasteiger partial charge is 0.412 e. The number of carbonyl (C=O) groups excluding carboxylic acids is 1. The molecule has 0 aromatic heterocycles. The van der Waals surface area contributed by atoms with Gasteiger partial charge in [0.2, 0.25) is 0 Å². The van der Waals surface area contributed by atoms with Gasteiger partial charge in [0, 0.05) is 5.56 Å². The van der Waals surface area contributed by atoms with E-state index in [1.54, 1.807) is 12.1 Å². The van der Waals surface area contributed by atoms with Crippen molar-refractivity contribution in [2.75, 3.05) is 5.32 Å². The molecule has 0 saturated heterocycles. The van der Waals surface area contributed by atoms with Gasteiger partial charge in [-0.05, 0) is 18.2 Å². The number of amides is 1. The summed E-state index contributed by atoms with van der Waals surface area (Å²) in [6.45, 7) is -0.197. The summed E-state index contributed by atoms with van der Waals surface area (Å²) in [7, 11) is 0. The zero-order valence-corrected chi connectivity index (χ0v) is 12.8. The van der Waals surface area contributed by atoms with Gasteiger partial charge < -0.3 is 4.74 Å². The highest BCUT2D eigenvalue weighted by Gasteiger charge is 2.11. The predicted molar refractivity (Wildman–Crippen MR) is 81.7 cm³/mol. The third kappa shape index (κ3) is 4.24. The van der Waals surface area contributed by atoms with E-state index in [0.29, 0.717) is 0 Å². The minimum Gasteiger partial charge on any atom is -0.444 e. The molecule has 0 spiro atoms. The predicted octanol–water partition coefficient (Wildman–Crippen LogP) is 5.53. The first-order chi connectivity index (χ1) is 9.97. The van der Waals surface area contributed by atoms with Crippen LogP contribution in [0.3, 0.4) is 0 Å². The number of benzene rings is 2. The summed E-state index contributed by atoms with van der Waals surface area (Å²) in [5.74, 6) is -0.446. The Morgan fingerprint density at radius 3 is 2.48 bits per heavy atom. The second-order valence-corrected chi connectivity index (χ2v) is 5.26. The maximum absolute atomic E-state index is 13.4. The van der Waals surface area contributed by atoms with Gasteiger partial charge in [0.25, 0.3) is 0 Å². The van der Waals surface area contributed by atoms with E-state index in [-0.39, 0.29) is 32.9 Å². The number of hydrogen-bond acceptors (Lipinski definition) is 2. The van der Waals surface area contributed by atoms with E-state index in [1.165, 1.54) is 24.3 Å². The molecular weight excluding hydrogens is 340 g/mol. The lowest BCUT2D eigenvalue weighted by atomic mass is 10.2. The van der Waals surface area contributed by atoms with Crippen molar-refractivity contribution < 1.29 is 13.9 Å². The molecule has 0 bridgehead atoms. The molecule has 0 heterocycles. The number of ether oxygens (including phenoxy) is 1. The van der Waals surface area contributed by atoms with Gasteiger partial charge in [0.1, 0.15) is 12.4 Å². The van der Waals surface area contributed by atoms with Crippen molar-refractivity contribution in [2.24, 2.45) is 0 Å². The topological polar surface area (TPSA) is 38.3 Å². The highest BCUT2D eigenvalue weighted by atomic mass is 35.5. The lowest BCUT2D eigenvalue weighted by molar-refractivity contribution is 0.154. The Bertz CT molecular complexity index is 679. The Morgan fingerprint density at radius 1 is 1.10 bits per heavy atom. The zero-order valence-electron chi connectivity index (χ0n) is 10.5. The molecule has 3 nitrogen and oxygen atoms in total. The van der Waals surface area contributed by atoms with E-state index in [9.17, 15) is 9.18 Å². The summed E-state index contributed by atoms with van der Waals surface area (Å²) < 4.78 is 18.3. The van der Waals surface area contributed by atoms with Crippen LogP contribution < -0.4 is 5.32 Å². The minimum absolute atomic E-state index is 0.197. The highest BCUT2D eigenvalue weighted by molar-refractivity contribution is 6.44. The molecule has 0 atom stereocenters. The average Bonchev–Trinajstić information content (AvgIpc) is 2.44. The Labute approximate surface area is 135 Å². The summed E-state index contributed by atoms with van der Waals surface area (Å²) >= 11 is 17.5. The SMILES string of the molecule is O=C(Nc1cc(Cl)c(Cl)cc1Cl)OCc1ccccc1F. The van der Waals surface area contributed by atoms with Crippen LogP contribution in [0.25, 0.3) is 0 Å². The van der Waals surface area contributed by atoms with Crippen molar-refractivity contribution >= 4 is 46.6 Å². The summed E-state index contributed by atoms with van der Waals surface area (Å²) in [4.78, 5) is 11.7. The molecule has 0 aliphatic rings. The molecule has 2 aromatic rings. The van der Waals surface area contributed by atoms with Crippen LogP contribution in [0.5, 0.6) is 0 Å². The highest BCUT2D eigenvalue weighted by Crippen LogP contribution is 2.32. The lowest BCUT2D eigenvalue weighted by Gasteiger charge is -2.10. The van der Waals surface area contributed by atoms with Gasteiger partial charge in [-0.1, -0.05) is 53.0 Å². The second kappa shape index (κ2) is 6.98. The maximum atomic E-state index is 13.4. The quantitative estimate of drug-likeness (QED) is 0.740. The first kappa shape index (κ1) is 15.9. The van der Waals surface area contributed by atoms with E-state index >= 15 is 0 Å². The van der Waals surface area contributed by atoms with Crippen LogP contribution in [0.1, 0.15) is 5.56 Å². The molecule has 0 aliphatic heterocycles. The molecule has 2 aromatic carbocycles. The van der Waals surface area contributed by atoms with Gasteiger partial charge >= 0.3 is 6.09 Å². The number of carbonyl (C=O) groups is 1. The van der Waals surface area contributed by atoms with E-state index in [2.05, 4.69) is 5.32 Å². The molecule has 1 N–H and O–H groups in total. The minimum atomic E-state index is -0.779. The molecular formula is C14H9Cl3FNO2. The fourth-order valence-corrected chi connectivity index (χ4v) is 2.12. The van der Waals surface area contributed by atoms with E-state index in [1.807, 2.05) is 0 Å². The number of rotatable bonds is 3. The largest absolute Gasteiger partial charge is 0.444 e. The van der Waals surface area contributed by atoms with Crippen LogP contribution in [0.2, 0.25) is 15.1 Å². The van der Waals surface area contributed by atoms with E-state index in [0.717, 1.165) is 0 Å². The molecule has 2 rings (SSSR count). The third-order valence-electron chi connectivity index (χ3n) is 2.56. The van der Waals surface area contributed by atoms with Crippen molar-refractivity contribution in [1.82, 2.24) is 0 Å². The van der Waals surface area contributed by atoms with Gasteiger partial charge in [0.15, 0.2) is 0 Å². The summed E-state index contributed by atoms with van der Waals surface area (Å²) in [6.07, 6.45) is -0.779. The normalized spacial score (nSPS) is 10.3. The Balaban J connectivity index is 1.99. The molecule has 1 amide bonds. The third-order valence-corrected chi connectivity index (χ3v) is 3.60. The van der Waals surface area contributed by atoms with Gasteiger partial charge in [-0.3, -0.25) is 5.32 Å². The van der Waals surface area contributed by atoms with Gasteiger partial charge in [-0.15, -0.1) is 0 Å². The van der Waals surface area contributed by atoms with Crippen LogP contribution in [-0.4, -0.2) is 6.09 Å². The standard InChI is InChI=1S/C14H9Cl3FNO2/c15-9-5-11(17)13(6-10(9)16)19-14(20)21-7-8-3-1-2-4-12(8)18/h1-6H,7H2,(H,19,20). The number of hydrogen-bond donors (Lipinski definition) is 1. The summed E-state index contributed by atoms with van der Waals surface area (Å²) in [5, 5.41) is 3.14. The van der Waals surface area contributed by atoms with Crippen molar-refractivity contribution in [2.45, 2.75) is 6.61 Å². The molecule has 21 heavy (non-hydrogen) atoms. The van der Waals surface area contributed by atoms with Crippen LogP contribution in [0.15, 0.2) is 36.4 Å². The second-order valence-electron chi connectivity index (χ2n) is 4.04. The van der Waals surface area contributed by atoms with Crippen molar-refractivity contribution in [3.05, 3.63) is 62.8 Å². The van der Waals surface area contributed by atoms with Crippen LogP contribution in [-0.2, 0) is 11.3 Å². The summed E-state index contributed by atoms with van der Waals surface area (Å²) in [5.41, 5.74) is 0.525. The van der Waals surface area contributed by atoms with Gasteiger partial charge in [-0.25, -0.2) is 9.18 Å². The monoisotopic (exact) mass is 347 g/mol. The summed E-state index contributed by atoms with van der Waals surface area (Å²) in [6, 6.07) is 8.81. The van der Waals surface area contributed by atoms with Gasteiger partial charge in [-0.2, -0.15) is 0 Å². The van der Waals surface area contributed by atoms with E-state index < -0.39 is 11.9 Å². The first-order valence-corrected chi connectivity index (χ1v) is 6.92. The number of anilines is 1. The number of nitrogens with one attached hydrogen (secondary N) is 1. The average molecular weight is 349 g/mol. The maximum Gasteiger partial charge on any atom is 0.412 e. The fourth-order valence-electron chi connectivity index (χ4n) is 1.52. The molecule has 110 valence electrons.